The summed E-state index contributed by atoms with van der Waals surface area (Å²) in [6.45, 7) is 4.20. The van der Waals surface area contributed by atoms with E-state index in [-0.39, 0.29) is 17.4 Å². The molecule has 0 aromatic heterocycles. The summed E-state index contributed by atoms with van der Waals surface area (Å²) in [6, 6.07) is 13.1. The minimum atomic E-state index is -3.48. The fourth-order valence-electron chi connectivity index (χ4n) is 4.14. The first-order valence-corrected chi connectivity index (χ1v) is 12.0. The zero-order valence-electron chi connectivity index (χ0n) is 17.3. The van der Waals surface area contributed by atoms with Crippen LogP contribution in [0.25, 0.3) is 0 Å². The maximum Gasteiger partial charge on any atom is 0.260 e. The third kappa shape index (κ3) is 4.37. The van der Waals surface area contributed by atoms with Gasteiger partial charge in [-0.2, -0.15) is 4.31 Å². The standard InChI is InChI=1S/C23H28N2O4S/c1-18-15-21(30(27,28)25-12-5-2-6-13-25)9-10-22(18)29-17-23(26)24-14-11-19-7-3-4-8-20(19)16-24/h3-4,7-10,15H,2,5-6,11-14,16-17H2,1H3. The summed E-state index contributed by atoms with van der Waals surface area (Å²) in [5, 5.41) is 0. The van der Waals surface area contributed by atoms with Gasteiger partial charge in [0.25, 0.3) is 5.91 Å². The molecule has 0 unspecified atom stereocenters. The number of fused-ring (bicyclic) bond motifs is 1. The highest BCUT2D eigenvalue weighted by Gasteiger charge is 2.26. The third-order valence-electron chi connectivity index (χ3n) is 5.93. The van der Waals surface area contributed by atoms with E-state index in [4.69, 9.17) is 4.74 Å². The number of nitrogens with zero attached hydrogens (tertiary/aromatic N) is 2. The van der Waals surface area contributed by atoms with E-state index in [9.17, 15) is 13.2 Å². The van der Waals surface area contributed by atoms with Gasteiger partial charge in [-0.3, -0.25) is 4.79 Å². The Kier molecular flexibility index (Phi) is 6.11. The molecule has 2 aliphatic rings. The fraction of sp³-hybridized carbons (Fsp3) is 0.435. The van der Waals surface area contributed by atoms with Crippen molar-refractivity contribution in [1.29, 1.82) is 0 Å². The first-order chi connectivity index (χ1) is 14.4. The normalized spacial score (nSPS) is 17.4. The van der Waals surface area contributed by atoms with Crippen molar-refractivity contribution < 1.29 is 17.9 Å². The van der Waals surface area contributed by atoms with E-state index in [1.165, 1.54) is 11.1 Å². The molecule has 7 heteroatoms. The minimum absolute atomic E-state index is 0.0543. The predicted octanol–water partition coefficient (Wildman–Crippen LogP) is 3.13. The molecule has 0 saturated carbocycles. The number of piperidine rings is 1. The lowest BCUT2D eigenvalue weighted by Gasteiger charge is -2.29. The highest BCUT2D eigenvalue weighted by atomic mass is 32.2. The number of rotatable bonds is 5. The van der Waals surface area contributed by atoms with Gasteiger partial charge in [-0.1, -0.05) is 30.7 Å². The number of carbonyl (C=O) groups is 1. The van der Waals surface area contributed by atoms with Gasteiger partial charge in [0, 0.05) is 26.2 Å². The van der Waals surface area contributed by atoms with Crippen molar-refractivity contribution in [2.45, 2.75) is 44.0 Å². The molecule has 0 aliphatic carbocycles. The van der Waals surface area contributed by atoms with Gasteiger partial charge < -0.3 is 9.64 Å². The molecule has 1 saturated heterocycles. The first-order valence-electron chi connectivity index (χ1n) is 10.5. The van der Waals surface area contributed by atoms with Crippen LogP contribution in [0.5, 0.6) is 5.75 Å². The predicted molar refractivity (Wildman–Crippen MR) is 115 cm³/mol. The molecule has 0 radical (unpaired) electrons. The van der Waals surface area contributed by atoms with Crippen molar-refractivity contribution in [3.05, 3.63) is 59.2 Å². The van der Waals surface area contributed by atoms with Crippen molar-refractivity contribution in [3.8, 4) is 5.75 Å². The number of hydrogen-bond donors (Lipinski definition) is 0. The van der Waals surface area contributed by atoms with Crippen LogP contribution in [0.4, 0.5) is 0 Å². The first kappa shape index (κ1) is 20.9. The van der Waals surface area contributed by atoms with Gasteiger partial charge in [-0.25, -0.2) is 8.42 Å². The quantitative estimate of drug-likeness (QED) is 0.734. The maximum absolute atomic E-state index is 12.8. The van der Waals surface area contributed by atoms with Crippen LogP contribution in [0.1, 0.15) is 36.0 Å². The molecule has 0 atom stereocenters. The Morgan fingerprint density at radius 3 is 2.47 bits per heavy atom. The van der Waals surface area contributed by atoms with E-state index >= 15 is 0 Å². The van der Waals surface area contributed by atoms with Gasteiger partial charge in [0.1, 0.15) is 5.75 Å². The Labute approximate surface area is 178 Å². The average Bonchev–Trinajstić information content (AvgIpc) is 2.78. The van der Waals surface area contributed by atoms with Crippen LogP contribution in [-0.2, 0) is 27.8 Å². The minimum Gasteiger partial charge on any atom is -0.483 e. The van der Waals surface area contributed by atoms with Gasteiger partial charge in [-0.05, 0) is 61.1 Å². The number of ether oxygens (including phenoxy) is 1. The van der Waals surface area contributed by atoms with Crippen LogP contribution in [0, 0.1) is 6.92 Å². The summed E-state index contributed by atoms with van der Waals surface area (Å²) < 4.78 is 33.0. The molecule has 1 amide bonds. The summed E-state index contributed by atoms with van der Waals surface area (Å²) in [5.41, 5.74) is 3.19. The third-order valence-corrected chi connectivity index (χ3v) is 7.83. The smallest absolute Gasteiger partial charge is 0.260 e. The second kappa shape index (κ2) is 8.78. The Morgan fingerprint density at radius 1 is 1.00 bits per heavy atom. The average molecular weight is 429 g/mol. The van der Waals surface area contributed by atoms with Gasteiger partial charge in [0.15, 0.2) is 6.61 Å². The van der Waals surface area contributed by atoms with E-state index in [0.717, 1.165) is 25.7 Å². The maximum atomic E-state index is 12.8. The summed E-state index contributed by atoms with van der Waals surface area (Å²) in [4.78, 5) is 14.7. The van der Waals surface area contributed by atoms with Gasteiger partial charge in [0.2, 0.25) is 10.0 Å². The van der Waals surface area contributed by atoms with Crippen molar-refractivity contribution in [1.82, 2.24) is 9.21 Å². The summed E-state index contributed by atoms with van der Waals surface area (Å²) in [7, 11) is -3.48. The van der Waals surface area contributed by atoms with Crippen LogP contribution in [0.15, 0.2) is 47.4 Å². The molecule has 1 fully saturated rings. The Balaban J connectivity index is 1.39. The molecule has 0 spiro atoms. The zero-order chi connectivity index (χ0) is 21.1. The van der Waals surface area contributed by atoms with Crippen molar-refractivity contribution in [3.63, 3.8) is 0 Å². The summed E-state index contributed by atoms with van der Waals surface area (Å²) in [6.07, 6.45) is 3.74. The molecule has 2 aromatic rings. The van der Waals surface area contributed by atoms with Crippen LogP contribution in [0.3, 0.4) is 0 Å². The number of benzene rings is 2. The van der Waals surface area contributed by atoms with E-state index in [1.807, 2.05) is 24.0 Å². The van der Waals surface area contributed by atoms with Gasteiger partial charge >= 0.3 is 0 Å². The molecular weight excluding hydrogens is 400 g/mol. The second-order valence-corrected chi connectivity index (χ2v) is 9.95. The van der Waals surface area contributed by atoms with Crippen molar-refractivity contribution >= 4 is 15.9 Å². The lowest BCUT2D eigenvalue weighted by atomic mass is 10.00. The fourth-order valence-corrected chi connectivity index (χ4v) is 5.74. The zero-order valence-corrected chi connectivity index (χ0v) is 18.2. The van der Waals surface area contributed by atoms with E-state index in [0.29, 0.717) is 37.5 Å². The molecule has 2 aliphatic heterocycles. The van der Waals surface area contributed by atoms with Crippen LogP contribution < -0.4 is 4.74 Å². The molecule has 6 nitrogen and oxygen atoms in total. The molecule has 0 N–H and O–H groups in total. The molecule has 30 heavy (non-hydrogen) atoms. The molecule has 2 aromatic carbocycles. The second-order valence-electron chi connectivity index (χ2n) is 8.01. The number of sulfonamides is 1. The van der Waals surface area contributed by atoms with Crippen LogP contribution >= 0.6 is 0 Å². The molecular formula is C23H28N2O4S. The Hall–Kier alpha value is -2.38. The highest BCUT2D eigenvalue weighted by molar-refractivity contribution is 7.89. The van der Waals surface area contributed by atoms with Gasteiger partial charge in [0.05, 0.1) is 4.90 Å². The monoisotopic (exact) mass is 428 g/mol. The van der Waals surface area contributed by atoms with Gasteiger partial charge in [-0.15, -0.1) is 0 Å². The van der Waals surface area contributed by atoms with Crippen molar-refractivity contribution in [2.75, 3.05) is 26.2 Å². The molecule has 2 heterocycles. The van der Waals surface area contributed by atoms with E-state index in [1.54, 1.807) is 22.5 Å². The highest BCUT2D eigenvalue weighted by Crippen LogP contribution is 2.26. The lowest BCUT2D eigenvalue weighted by Crippen LogP contribution is -2.38. The Morgan fingerprint density at radius 2 is 1.73 bits per heavy atom. The molecule has 4 rings (SSSR count). The topological polar surface area (TPSA) is 66.9 Å². The SMILES string of the molecule is Cc1cc(S(=O)(=O)N2CCCCC2)ccc1OCC(=O)N1CCc2ccccc2C1. The van der Waals surface area contributed by atoms with Crippen molar-refractivity contribution in [2.24, 2.45) is 0 Å². The number of amides is 1. The summed E-state index contributed by atoms with van der Waals surface area (Å²) >= 11 is 0. The number of carbonyl (C=O) groups excluding carboxylic acids is 1. The molecule has 160 valence electrons. The van der Waals surface area contributed by atoms with Crippen LogP contribution in [-0.4, -0.2) is 49.8 Å². The van der Waals surface area contributed by atoms with Crippen LogP contribution in [0.2, 0.25) is 0 Å². The lowest BCUT2D eigenvalue weighted by molar-refractivity contribution is -0.134. The molecule has 0 bridgehead atoms. The number of hydrogen-bond acceptors (Lipinski definition) is 4. The Bertz CT molecular complexity index is 1030. The van der Waals surface area contributed by atoms with E-state index in [2.05, 4.69) is 12.1 Å². The largest absolute Gasteiger partial charge is 0.483 e. The van der Waals surface area contributed by atoms with E-state index < -0.39 is 10.0 Å². The summed E-state index contributed by atoms with van der Waals surface area (Å²) in [5.74, 6) is 0.479. The number of aryl methyl sites for hydroxylation is 1.